The van der Waals surface area contributed by atoms with Crippen LogP contribution in [-0.2, 0) is 4.79 Å². The summed E-state index contributed by atoms with van der Waals surface area (Å²) in [5, 5.41) is 5.09. The Labute approximate surface area is 134 Å². The molecule has 1 N–H and O–H groups in total. The van der Waals surface area contributed by atoms with Crippen LogP contribution < -0.4 is 10.1 Å². The van der Waals surface area contributed by atoms with Gasteiger partial charge < -0.3 is 10.1 Å². The molecule has 0 bridgehead atoms. The van der Waals surface area contributed by atoms with Crippen LogP contribution in [0.2, 0.25) is 0 Å². The first kappa shape index (κ1) is 13.6. The molecule has 23 heavy (non-hydrogen) atoms. The van der Waals surface area contributed by atoms with Gasteiger partial charge in [0.05, 0.1) is 7.11 Å². The average Bonchev–Trinajstić information content (AvgIpc) is 2.91. The zero-order valence-corrected chi connectivity index (χ0v) is 12.7. The number of nitrogens with one attached hydrogen (secondary N) is 1. The highest BCUT2D eigenvalue weighted by molar-refractivity contribution is 6.35. The van der Waals surface area contributed by atoms with Crippen LogP contribution in [0.25, 0.3) is 22.4 Å². The van der Waals surface area contributed by atoms with Crippen LogP contribution in [0.3, 0.4) is 0 Å². The van der Waals surface area contributed by atoms with Crippen molar-refractivity contribution in [2.75, 3.05) is 12.4 Å². The van der Waals surface area contributed by atoms with E-state index in [0.717, 1.165) is 33.3 Å². The van der Waals surface area contributed by atoms with Crippen LogP contribution in [0.15, 0.2) is 60.7 Å². The molecule has 0 unspecified atom stereocenters. The molecular formula is C20H15NO2. The standard InChI is InChI=1S/C20H15NO2/c1-23-19-11-10-13-6-2-3-7-14(13)16(19)12-17-15-8-4-5-9-18(15)21-20(17)22/h2-12H,1H3,(H,21,22)/b17-12-. The second-order valence-electron chi connectivity index (χ2n) is 5.46. The maximum absolute atomic E-state index is 12.4. The van der Waals surface area contributed by atoms with E-state index in [1.165, 1.54) is 0 Å². The summed E-state index contributed by atoms with van der Waals surface area (Å²) >= 11 is 0. The van der Waals surface area contributed by atoms with Gasteiger partial charge in [0.15, 0.2) is 0 Å². The van der Waals surface area contributed by atoms with Gasteiger partial charge in [-0.25, -0.2) is 0 Å². The van der Waals surface area contributed by atoms with E-state index in [4.69, 9.17) is 4.74 Å². The molecule has 1 heterocycles. The molecule has 3 heteroatoms. The number of amides is 1. The SMILES string of the molecule is COc1ccc2ccccc2c1/C=C1\C(=O)Nc2ccccc21. The van der Waals surface area contributed by atoms with E-state index < -0.39 is 0 Å². The Hall–Kier alpha value is -3.07. The Morgan fingerprint density at radius 3 is 2.61 bits per heavy atom. The van der Waals surface area contributed by atoms with Crippen molar-refractivity contribution < 1.29 is 9.53 Å². The summed E-state index contributed by atoms with van der Waals surface area (Å²) in [4.78, 5) is 12.4. The summed E-state index contributed by atoms with van der Waals surface area (Å²) < 4.78 is 5.51. The number of para-hydroxylation sites is 1. The fourth-order valence-corrected chi connectivity index (χ4v) is 3.03. The van der Waals surface area contributed by atoms with Crippen molar-refractivity contribution in [3.05, 3.63) is 71.8 Å². The van der Waals surface area contributed by atoms with Gasteiger partial charge in [-0.2, -0.15) is 0 Å². The van der Waals surface area contributed by atoms with E-state index in [1.807, 2.05) is 60.7 Å². The Morgan fingerprint density at radius 2 is 1.74 bits per heavy atom. The highest BCUT2D eigenvalue weighted by Gasteiger charge is 2.24. The van der Waals surface area contributed by atoms with Crippen molar-refractivity contribution >= 4 is 34.0 Å². The zero-order valence-electron chi connectivity index (χ0n) is 12.7. The van der Waals surface area contributed by atoms with E-state index in [-0.39, 0.29) is 5.91 Å². The lowest BCUT2D eigenvalue weighted by atomic mass is 9.99. The molecule has 0 saturated carbocycles. The average molecular weight is 301 g/mol. The summed E-state index contributed by atoms with van der Waals surface area (Å²) in [6.07, 6.45) is 1.92. The molecule has 3 aromatic carbocycles. The summed E-state index contributed by atoms with van der Waals surface area (Å²) in [6.45, 7) is 0. The van der Waals surface area contributed by atoms with Crippen molar-refractivity contribution in [2.24, 2.45) is 0 Å². The van der Waals surface area contributed by atoms with Crippen LogP contribution in [0.1, 0.15) is 11.1 Å². The first-order chi connectivity index (χ1) is 11.3. The van der Waals surface area contributed by atoms with Gasteiger partial charge in [0.25, 0.3) is 5.91 Å². The molecule has 0 saturated heterocycles. The quantitative estimate of drug-likeness (QED) is 0.715. The first-order valence-corrected chi connectivity index (χ1v) is 7.46. The van der Waals surface area contributed by atoms with Gasteiger partial charge in [0, 0.05) is 22.4 Å². The third kappa shape index (κ3) is 2.18. The van der Waals surface area contributed by atoms with Gasteiger partial charge in [-0.3, -0.25) is 4.79 Å². The molecule has 1 amide bonds. The van der Waals surface area contributed by atoms with Gasteiger partial charge in [0.1, 0.15) is 5.75 Å². The topological polar surface area (TPSA) is 38.3 Å². The number of benzene rings is 3. The normalized spacial score (nSPS) is 14.8. The highest BCUT2D eigenvalue weighted by atomic mass is 16.5. The van der Waals surface area contributed by atoms with Gasteiger partial charge in [-0.1, -0.05) is 48.5 Å². The Bertz CT molecular complexity index is 957. The molecule has 0 aliphatic carbocycles. The maximum Gasteiger partial charge on any atom is 0.256 e. The lowest BCUT2D eigenvalue weighted by Gasteiger charge is -2.09. The smallest absolute Gasteiger partial charge is 0.256 e. The summed E-state index contributed by atoms with van der Waals surface area (Å²) in [5.41, 5.74) is 3.36. The number of methoxy groups -OCH3 is 1. The largest absolute Gasteiger partial charge is 0.496 e. The van der Waals surface area contributed by atoms with Crippen molar-refractivity contribution in [3.63, 3.8) is 0 Å². The van der Waals surface area contributed by atoms with E-state index in [2.05, 4.69) is 11.4 Å². The third-order valence-corrected chi connectivity index (χ3v) is 4.15. The lowest BCUT2D eigenvalue weighted by Crippen LogP contribution is -2.03. The number of hydrogen-bond acceptors (Lipinski definition) is 2. The number of hydrogen-bond donors (Lipinski definition) is 1. The predicted octanol–water partition coefficient (Wildman–Crippen LogP) is 4.34. The summed E-state index contributed by atoms with van der Waals surface area (Å²) in [7, 11) is 1.65. The molecule has 3 aromatic rings. The predicted molar refractivity (Wildman–Crippen MR) is 93.4 cm³/mol. The number of carbonyl (C=O) groups is 1. The molecule has 0 atom stereocenters. The van der Waals surface area contributed by atoms with Gasteiger partial charge in [-0.05, 0) is 29.0 Å². The molecular weight excluding hydrogens is 286 g/mol. The minimum Gasteiger partial charge on any atom is -0.496 e. The fourth-order valence-electron chi connectivity index (χ4n) is 3.03. The number of ether oxygens (including phenoxy) is 1. The maximum atomic E-state index is 12.4. The van der Waals surface area contributed by atoms with Gasteiger partial charge in [0.2, 0.25) is 0 Å². The molecule has 0 fully saturated rings. The minimum absolute atomic E-state index is 0.0822. The number of anilines is 1. The minimum atomic E-state index is -0.0822. The second-order valence-corrected chi connectivity index (χ2v) is 5.46. The summed E-state index contributed by atoms with van der Waals surface area (Å²) in [5.74, 6) is 0.676. The van der Waals surface area contributed by atoms with Crippen LogP contribution in [-0.4, -0.2) is 13.0 Å². The summed E-state index contributed by atoms with van der Waals surface area (Å²) in [6, 6.07) is 19.8. The zero-order chi connectivity index (χ0) is 15.8. The van der Waals surface area contributed by atoms with Crippen LogP contribution in [0.4, 0.5) is 5.69 Å². The monoisotopic (exact) mass is 301 g/mol. The molecule has 0 radical (unpaired) electrons. The van der Waals surface area contributed by atoms with Crippen molar-refractivity contribution in [3.8, 4) is 5.75 Å². The van der Waals surface area contributed by atoms with Crippen molar-refractivity contribution in [1.82, 2.24) is 0 Å². The van der Waals surface area contributed by atoms with E-state index in [9.17, 15) is 4.79 Å². The highest BCUT2D eigenvalue weighted by Crippen LogP contribution is 2.36. The third-order valence-electron chi connectivity index (χ3n) is 4.15. The Kier molecular flexibility index (Phi) is 3.12. The number of rotatable bonds is 2. The fraction of sp³-hybridized carbons (Fsp3) is 0.0500. The molecule has 112 valence electrons. The van der Waals surface area contributed by atoms with Crippen LogP contribution in [0, 0.1) is 0 Å². The molecule has 4 rings (SSSR count). The van der Waals surface area contributed by atoms with Gasteiger partial charge in [-0.15, -0.1) is 0 Å². The van der Waals surface area contributed by atoms with E-state index in [0.29, 0.717) is 5.57 Å². The van der Waals surface area contributed by atoms with Crippen molar-refractivity contribution in [1.29, 1.82) is 0 Å². The Balaban J connectivity index is 1.98. The molecule has 0 spiro atoms. The second kappa shape index (κ2) is 5.29. The van der Waals surface area contributed by atoms with E-state index in [1.54, 1.807) is 7.11 Å². The lowest BCUT2D eigenvalue weighted by molar-refractivity contribution is -0.110. The Morgan fingerprint density at radius 1 is 0.957 bits per heavy atom. The van der Waals surface area contributed by atoms with Crippen molar-refractivity contribution in [2.45, 2.75) is 0 Å². The van der Waals surface area contributed by atoms with Crippen LogP contribution >= 0.6 is 0 Å². The molecule has 3 nitrogen and oxygen atoms in total. The first-order valence-electron chi connectivity index (χ1n) is 7.46. The van der Waals surface area contributed by atoms with Crippen LogP contribution in [0.5, 0.6) is 5.75 Å². The molecule has 1 aliphatic rings. The molecule has 0 aromatic heterocycles. The number of fused-ring (bicyclic) bond motifs is 2. The molecule has 1 aliphatic heterocycles. The number of carbonyl (C=O) groups excluding carboxylic acids is 1. The van der Waals surface area contributed by atoms with E-state index >= 15 is 0 Å². The van der Waals surface area contributed by atoms with Gasteiger partial charge >= 0.3 is 0 Å².